The summed E-state index contributed by atoms with van der Waals surface area (Å²) in [6, 6.07) is 8.35. The number of likely N-dealkylation sites (N-methyl/N-ethyl adjacent to an activating group) is 1. The molecule has 1 aromatic rings. The van der Waals surface area contributed by atoms with Crippen molar-refractivity contribution in [1.29, 1.82) is 0 Å². The second kappa shape index (κ2) is 5.43. The summed E-state index contributed by atoms with van der Waals surface area (Å²) in [4.78, 5) is 2.12. The average molecular weight is 221 g/mol. The lowest BCUT2D eigenvalue weighted by Gasteiger charge is -2.26. The van der Waals surface area contributed by atoms with E-state index in [0.717, 1.165) is 13.2 Å². The molecule has 1 aromatic carbocycles. The Balaban J connectivity index is 1.96. The lowest BCUT2D eigenvalue weighted by atomic mass is 10.0. The fourth-order valence-electron chi connectivity index (χ4n) is 1.86. The zero-order chi connectivity index (χ0) is 11.4. The highest BCUT2D eigenvalue weighted by Crippen LogP contribution is 2.27. The Hall–Kier alpha value is -0.900. The van der Waals surface area contributed by atoms with Crippen LogP contribution >= 0.6 is 0 Å². The molecule has 2 rings (SSSR count). The van der Waals surface area contributed by atoms with Gasteiger partial charge in [0, 0.05) is 6.54 Å². The number of rotatable bonds is 4. The Kier molecular flexibility index (Phi) is 3.93. The first-order valence-electron chi connectivity index (χ1n) is 5.69. The monoisotopic (exact) mass is 221 g/mol. The van der Waals surface area contributed by atoms with E-state index in [-0.39, 0.29) is 6.10 Å². The fourth-order valence-corrected chi connectivity index (χ4v) is 1.86. The lowest BCUT2D eigenvalue weighted by Crippen LogP contribution is -2.24. The molecule has 0 amide bonds. The third-order valence-corrected chi connectivity index (χ3v) is 2.79. The molecule has 0 aliphatic carbocycles. The summed E-state index contributed by atoms with van der Waals surface area (Å²) in [6.45, 7) is 3.07. The van der Waals surface area contributed by atoms with E-state index >= 15 is 0 Å². The highest BCUT2D eigenvalue weighted by atomic mass is 16.5. The van der Waals surface area contributed by atoms with Crippen molar-refractivity contribution in [2.45, 2.75) is 12.7 Å². The topological polar surface area (TPSA) is 21.7 Å². The summed E-state index contributed by atoms with van der Waals surface area (Å²) < 4.78 is 11.4. The summed E-state index contributed by atoms with van der Waals surface area (Å²) in [5, 5.41) is 0. The van der Waals surface area contributed by atoms with Gasteiger partial charge in [0.1, 0.15) is 6.10 Å². The average Bonchev–Trinajstić information content (AvgIpc) is 2.29. The fraction of sp³-hybridized carbons (Fsp3) is 0.538. The maximum Gasteiger partial charge on any atom is 0.106 e. The van der Waals surface area contributed by atoms with E-state index in [9.17, 15) is 0 Å². The molecule has 0 spiro atoms. The van der Waals surface area contributed by atoms with Gasteiger partial charge in [0.15, 0.2) is 0 Å². The van der Waals surface area contributed by atoms with Crippen molar-refractivity contribution < 1.29 is 9.47 Å². The normalized spacial score (nSPS) is 19.8. The van der Waals surface area contributed by atoms with Crippen LogP contribution in [0.4, 0.5) is 0 Å². The molecular weight excluding hydrogens is 202 g/mol. The Labute approximate surface area is 97.0 Å². The van der Waals surface area contributed by atoms with E-state index in [1.807, 2.05) is 6.07 Å². The molecule has 16 heavy (non-hydrogen) atoms. The van der Waals surface area contributed by atoms with E-state index in [1.54, 1.807) is 0 Å². The molecule has 0 saturated heterocycles. The standard InChI is InChI=1S/C13H19NO2/c1-14(2)7-8-16-13-10-15-9-11-5-3-4-6-12(11)13/h3-6,13H,7-10H2,1-2H3/t13-/m0/s1. The van der Waals surface area contributed by atoms with E-state index in [4.69, 9.17) is 9.47 Å². The molecule has 0 N–H and O–H groups in total. The van der Waals surface area contributed by atoms with Crippen molar-refractivity contribution in [3.63, 3.8) is 0 Å². The maximum atomic E-state index is 5.85. The van der Waals surface area contributed by atoms with Gasteiger partial charge in [0.05, 0.1) is 19.8 Å². The van der Waals surface area contributed by atoms with E-state index in [0.29, 0.717) is 13.2 Å². The van der Waals surface area contributed by atoms with E-state index in [2.05, 4.69) is 37.2 Å². The summed E-state index contributed by atoms with van der Waals surface area (Å²) in [6.07, 6.45) is 0.102. The number of nitrogens with zero attached hydrogens (tertiary/aromatic N) is 1. The predicted octanol–water partition coefficient (Wildman–Crippen LogP) is 1.84. The van der Waals surface area contributed by atoms with Crippen LogP contribution in [-0.2, 0) is 16.1 Å². The Bertz CT molecular complexity index is 338. The number of hydrogen-bond donors (Lipinski definition) is 0. The van der Waals surface area contributed by atoms with Crippen LogP contribution in [-0.4, -0.2) is 38.8 Å². The number of hydrogen-bond acceptors (Lipinski definition) is 3. The quantitative estimate of drug-likeness (QED) is 0.774. The minimum atomic E-state index is 0.102. The van der Waals surface area contributed by atoms with E-state index in [1.165, 1.54) is 11.1 Å². The number of ether oxygens (including phenoxy) is 2. The van der Waals surface area contributed by atoms with Crippen LogP contribution in [0.1, 0.15) is 17.2 Å². The van der Waals surface area contributed by atoms with Crippen LogP contribution in [0.5, 0.6) is 0 Å². The van der Waals surface area contributed by atoms with Gasteiger partial charge in [-0.2, -0.15) is 0 Å². The zero-order valence-electron chi connectivity index (χ0n) is 9.98. The van der Waals surface area contributed by atoms with Crippen molar-refractivity contribution in [1.82, 2.24) is 4.90 Å². The molecule has 1 aliphatic rings. The third-order valence-electron chi connectivity index (χ3n) is 2.79. The van der Waals surface area contributed by atoms with Crippen molar-refractivity contribution in [3.8, 4) is 0 Å². The lowest BCUT2D eigenvalue weighted by molar-refractivity contribution is -0.0405. The molecule has 1 heterocycles. The van der Waals surface area contributed by atoms with Gasteiger partial charge in [-0.05, 0) is 25.2 Å². The van der Waals surface area contributed by atoms with Gasteiger partial charge in [-0.1, -0.05) is 24.3 Å². The second-order valence-electron chi connectivity index (χ2n) is 4.38. The van der Waals surface area contributed by atoms with Gasteiger partial charge in [-0.25, -0.2) is 0 Å². The second-order valence-corrected chi connectivity index (χ2v) is 4.38. The van der Waals surface area contributed by atoms with Gasteiger partial charge >= 0.3 is 0 Å². The molecule has 1 aliphatic heterocycles. The first-order valence-corrected chi connectivity index (χ1v) is 5.69. The first-order chi connectivity index (χ1) is 7.77. The van der Waals surface area contributed by atoms with Crippen molar-refractivity contribution in [3.05, 3.63) is 35.4 Å². The van der Waals surface area contributed by atoms with Crippen molar-refractivity contribution >= 4 is 0 Å². The predicted molar refractivity (Wildman–Crippen MR) is 63.3 cm³/mol. The minimum absolute atomic E-state index is 0.102. The van der Waals surface area contributed by atoms with Crippen LogP contribution in [0, 0.1) is 0 Å². The molecule has 0 bridgehead atoms. The first kappa shape index (κ1) is 11.6. The number of fused-ring (bicyclic) bond motifs is 1. The molecule has 0 fully saturated rings. The number of benzene rings is 1. The molecule has 3 heteroatoms. The molecule has 0 saturated carbocycles. The van der Waals surface area contributed by atoms with Crippen LogP contribution in [0.3, 0.4) is 0 Å². The van der Waals surface area contributed by atoms with Crippen LogP contribution in [0.15, 0.2) is 24.3 Å². The molecular formula is C13H19NO2. The summed E-state index contributed by atoms with van der Waals surface area (Å²) in [5.74, 6) is 0. The smallest absolute Gasteiger partial charge is 0.106 e. The zero-order valence-corrected chi connectivity index (χ0v) is 9.98. The van der Waals surface area contributed by atoms with Gasteiger partial charge in [0.2, 0.25) is 0 Å². The SMILES string of the molecule is CN(C)CCO[C@H]1COCc2ccccc21. The van der Waals surface area contributed by atoms with Gasteiger partial charge in [0.25, 0.3) is 0 Å². The molecule has 0 aromatic heterocycles. The summed E-state index contributed by atoms with van der Waals surface area (Å²) in [7, 11) is 4.10. The van der Waals surface area contributed by atoms with E-state index < -0.39 is 0 Å². The van der Waals surface area contributed by atoms with Gasteiger partial charge in [-0.15, -0.1) is 0 Å². The van der Waals surface area contributed by atoms with Crippen molar-refractivity contribution in [2.24, 2.45) is 0 Å². The van der Waals surface area contributed by atoms with Crippen LogP contribution in [0.2, 0.25) is 0 Å². The molecule has 3 nitrogen and oxygen atoms in total. The molecule has 88 valence electrons. The van der Waals surface area contributed by atoms with Gasteiger partial charge in [-0.3, -0.25) is 0 Å². The largest absolute Gasteiger partial charge is 0.374 e. The Morgan fingerprint density at radius 2 is 2.19 bits per heavy atom. The van der Waals surface area contributed by atoms with Crippen LogP contribution < -0.4 is 0 Å². The molecule has 1 atom stereocenters. The summed E-state index contributed by atoms with van der Waals surface area (Å²) >= 11 is 0. The molecule has 0 unspecified atom stereocenters. The Morgan fingerprint density at radius 3 is 3.00 bits per heavy atom. The minimum Gasteiger partial charge on any atom is -0.374 e. The van der Waals surface area contributed by atoms with Crippen molar-refractivity contribution in [2.75, 3.05) is 33.9 Å². The highest BCUT2D eigenvalue weighted by Gasteiger charge is 2.20. The third kappa shape index (κ3) is 2.82. The van der Waals surface area contributed by atoms with Gasteiger partial charge < -0.3 is 14.4 Å². The Morgan fingerprint density at radius 1 is 1.38 bits per heavy atom. The van der Waals surface area contributed by atoms with Crippen LogP contribution in [0.25, 0.3) is 0 Å². The molecule has 0 radical (unpaired) electrons. The maximum absolute atomic E-state index is 5.85. The highest BCUT2D eigenvalue weighted by molar-refractivity contribution is 5.30. The summed E-state index contributed by atoms with van der Waals surface area (Å²) in [5.41, 5.74) is 2.54.